The quantitative estimate of drug-likeness (QED) is 0.814. The Morgan fingerprint density at radius 2 is 1.96 bits per heavy atom. The molecule has 0 radical (unpaired) electrons. The molecule has 0 aliphatic rings. The standard InChI is InChI=1S/C16H16N2O3S.C2H4O2/c1-9(2)8-21-13-5-4-11(6-12(13)7-17)15-18-10(3)14(22-15)16(19)20;1-2(3)4/h4-6,9H,8H2,1-3H3,(H,19,20);1H3,(H,3,4). The highest BCUT2D eigenvalue weighted by atomic mass is 32.1. The highest BCUT2D eigenvalue weighted by molar-refractivity contribution is 7.17. The number of carboxylic acid groups (broad SMARTS) is 2. The molecule has 0 atom stereocenters. The molecule has 1 aromatic carbocycles. The number of carboxylic acids is 2. The average molecular weight is 376 g/mol. The lowest BCUT2D eigenvalue weighted by Crippen LogP contribution is -2.05. The average Bonchev–Trinajstić information content (AvgIpc) is 2.94. The van der Waals surface area contributed by atoms with Gasteiger partial charge in [-0.05, 0) is 31.0 Å². The summed E-state index contributed by atoms with van der Waals surface area (Å²) in [5.41, 5.74) is 1.61. The molecule has 0 bridgehead atoms. The largest absolute Gasteiger partial charge is 0.492 e. The van der Waals surface area contributed by atoms with Gasteiger partial charge in [0.05, 0.1) is 17.9 Å². The van der Waals surface area contributed by atoms with Gasteiger partial charge in [0.15, 0.2) is 0 Å². The molecule has 26 heavy (non-hydrogen) atoms. The van der Waals surface area contributed by atoms with Gasteiger partial charge in [-0.15, -0.1) is 11.3 Å². The highest BCUT2D eigenvalue weighted by Crippen LogP contribution is 2.31. The van der Waals surface area contributed by atoms with E-state index < -0.39 is 11.9 Å². The van der Waals surface area contributed by atoms with E-state index in [4.69, 9.17) is 19.7 Å². The summed E-state index contributed by atoms with van der Waals surface area (Å²) in [5.74, 6) is -0.920. The molecule has 7 nitrogen and oxygen atoms in total. The Hall–Kier alpha value is -2.92. The first kappa shape index (κ1) is 21.1. The summed E-state index contributed by atoms with van der Waals surface area (Å²) >= 11 is 1.10. The van der Waals surface area contributed by atoms with Crippen LogP contribution in [0.2, 0.25) is 0 Å². The Morgan fingerprint density at radius 3 is 2.42 bits per heavy atom. The number of benzene rings is 1. The van der Waals surface area contributed by atoms with Crippen LogP contribution < -0.4 is 4.74 Å². The molecule has 8 heteroatoms. The molecule has 0 spiro atoms. The number of hydrogen-bond acceptors (Lipinski definition) is 6. The number of aliphatic carboxylic acids is 1. The number of aromatic nitrogens is 1. The van der Waals surface area contributed by atoms with Gasteiger partial charge in [-0.2, -0.15) is 5.26 Å². The van der Waals surface area contributed by atoms with E-state index in [2.05, 4.69) is 11.1 Å². The molecule has 1 heterocycles. The van der Waals surface area contributed by atoms with E-state index in [0.717, 1.165) is 18.3 Å². The molecule has 2 rings (SSSR count). The van der Waals surface area contributed by atoms with E-state index in [1.807, 2.05) is 13.8 Å². The van der Waals surface area contributed by atoms with Crippen molar-refractivity contribution in [1.29, 1.82) is 5.26 Å². The van der Waals surface area contributed by atoms with E-state index in [9.17, 15) is 10.1 Å². The lowest BCUT2D eigenvalue weighted by Gasteiger charge is -2.10. The molecule has 1 aromatic heterocycles. The highest BCUT2D eigenvalue weighted by Gasteiger charge is 2.16. The maximum atomic E-state index is 11.1. The van der Waals surface area contributed by atoms with Crippen LogP contribution in [0.25, 0.3) is 10.6 Å². The summed E-state index contributed by atoms with van der Waals surface area (Å²) in [7, 11) is 0. The lowest BCUT2D eigenvalue weighted by atomic mass is 10.1. The first-order valence-corrected chi connectivity index (χ1v) is 8.54. The van der Waals surface area contributed by atoms with E-state index in [0.29, 0.717) is 40.1 Å². The maximum absolute atomic E-state index is 11.1. The van der Waals surface area contributed by atoms with Gasteiger partial charge in [-0.3, -0.25) is 4.79 Å². The minimum Gasteiger partial charge on any atom is -0.492 e. The monoisotopic (exact) mass is 376 g/mol. The Labute approximate surface area is 155 Å². The zero-order chi connectivity index (χ0) is 19.9. The minimum atomic E-state index is -0.987. The fraction of sp³-hybridized carbons (Fsp3) is 0.333. The summed E-state index contributed by atoms with van der Waals surface area (Å²) in [6.45, 7) is 7.35. The second-order valence-corrected chi connectivity index (χ2v) is 6.78. The van der Waals surface area contributed by atoms with Crippen LogP contribution in [0.3, 0.4) is 0 Å². The van der Waals surface area contributed by atoms with Crippen molar-refractivity contribution in [2.45, 2.75) is 27.7 Å². The number of nitriles is 1. The summed E-state index contributed by atoms with van der Waals surface area (Å²) in [5, 5.41) is 26.4. The van der Waals surface area contributed by atoms with Crippen molar-refractivity contribution in [3.05, 3.63) is 34.3 Å². The second kappa shape index (κ2) is 9.53. The lowest BCUT2D eigenvalue weighted by molar-refractivity contribution is -0.134. The fourth-order valence-corrected chi connectivity index (χ4v) is 2.75. The van der Waals surface area contributed by atoms with Crippen molar-refractivity contribution >= 4 is 23.3 Å². The van der Waals surface area contributed by atoms with Gasteiger partial charge in [0.2, 0.25) is 0 Å². The van der Waals surface area contributed by atoms with Crippen molar-refractivity contribution in [2.75, 3.05) is 6.61 Å². The van der Waals surface area contributed by atoms with E-state index in [1.54, 1.807) is 25.1 Å². The molecule has 0 fully saturated rings. The van der Waals surface area contributed by atoms with Crippen molar-refractivity contribution in [2.24, 2.45) is 5.92 Å². The van der Waals surface area contributed by atoms with Crippen LogP contribution in [0.5, 0.6) is 5.75 Å². The third-order valence-corrected chi connectivity index (χ3v) is 4.10. The molecule has 0 amide bonds. The molecular formula is C18H20N2O5S. The zero-order valence-corrected chi connectivity index (χ0v) is 15.8. The summed E-state index contributed by atoms with van der Waals surface area (Å²) in [6.07, 6.45) is 0. The molecule has 2 N–H and O–H groups in total. The van der Waals surface area contributed by atoms with Gasteiger partial charge < -0.3 is 14.9 Å². The molecule has 0 saturated carbocycles. The first-order chi connectivity index (χ1) is 12.1. The number of hydrogen-bond donors (Lipinski definition) is 2. The van der Waals surface area contributed by atoms with Gasteiger partial charge in [0, 0.05) is 12.5 Å². The Balaban J connectivity index is 0.000000765. The predicted octanol–water partition coefficient (Wildman–Crippen LogP) is 3.81. The van der Waals surface area contributed by atoms with Gasteiger partial charge in [0.25, 0.3) is 5.97 Å². The van der Waals surface area contributed by atoms with Crippen molar-refractivity contribution in [3.63, 3.8) is 0 Å². The van der Waals surface area contributed by atoms with Crippen LogP contribution >= 0.6 is 11.3 Å². The number of nitrogens with zero attached hydrogens (tertiary/aromatic N) is 2. The SMILES string of the molecule is CC(=O)O.Cc1nc(-c2ccc(OCC(C)C)c(C#N)c2)sc1C(=O)O. The molecule has 0 aliphatic carbocycles. The van der Waals surface area contributed by atoms with E-state index in [-0.39, 0.29) is 4.88 Å². The van der Waals surface area contributed by atoms with E-state index in [1.165, 1.54) is 0 Å². The van der Waals surface area contributed by atoms with Gasteiger partial charge in [0.1, 0.15) is 21.7 Å². The number of aromatic carboxylic acids is 1. The van der Waals surface area contributed by atoms with E-state index >= 15 is 0 Å². The van der Waals surface area contributed by atoms with Crippen LogP contribution in [0, 0.1) is 24.2 Å². The van der Waals surface area contributed by atoms with Crippen LogP contribution in [0.15, 0.2) is 18.2 Å². The molecule has 138 valence electrons. The topological polar surface area (TPSA) is 121 Å². The molecule has 2 aromatic rings. The third-order valence-electron chi connectivity index (χ3n) is 2.91. The smallest absolute Gasteiger partial charge is 0.347 e. The molecular weight excluding hydrogens is 356 g/mol. The molecule has 0 aliphatic heterocycles. The van der Waals surface area contributed by atoms with Crippen LogP contribution in [-0.4, -0.2) is 33.7 Å². The van der Waals surface area contributed by atoms with Gasteiger partial charge in [-0.1, -0.05) is 13.8 Å². The number of thiazole rings is 1. The molecule has 0 unspecified atom stereocenters. The summed E-state index contributed by atoms with van der Waals surface area (Å²) in [4.78, 5) is 24.6. The fourth-order valence-electron chi connectivity index (χ4n) is 1.85. The second-order valence-electron chi connectivity index (χ2n) is 5.79. The first-order valence-electron chi connectivity index (χ1n) is 7.73. The number of rotatable bonds is 5. The van der Waals surface area contributed by atoms with Crippen molar-refractivity contribution in [1.82, 2.24) is 4.98 Å². The zero-order valence-electron chi connectivity index (χ0n) is 14.9. The molecule has 0 saturated heterocycles. The normalized spacial score (nSPS) is 9.85. The minimum absolute atomic E-state index is 0.216. The van der Waals surface area contributed by atoms with Crippen molar-refractivity contribution < 1.29 is 24.5 Å². The number of ether oxygens (including phenoxy) is 1. The third kappa shape index (κ3) is 6.18. The Kier molecular flexibility index (Phi) is 7.75. The van der Waals surface area contributed by atoms with Gasteiger partial charge >= 0.3 is 5.97 Å². The maximum Gasteiger partial charge on any atom is 0.347 e. The Bertz CT molecular complexity index is 833. The van der Waals surface area contributed by atoms with Gasteiger partial charge in [-0.25, -0.2) is 9.78 Å². The van der Waals surface area contributed by atoms with Crippen LogP contribution in [0.1, 0.15) is 41.7 Å². The van der Waals surface area contributed by atoms with Crippen molar-refractivity contribution in [3.8, 4) is 22.4 Å². The van der Waals surface area contributed by atoms with Crippen LogP contribution in [0.4, 0.5) is 0 Å². The number of carbonyl (C=O) groups is 2. The predicted molar refractivity (Wildman–Crippen MR) is 97.6 cm³/mol. The van der Waals surface area contributed by atoms with Crippen LogP contribution in [-0.2, 0) is 4.79 Å². The summed E-state index contributed by atoms with van der Waals surface area (Å²) in [6, 6.07) is 7.31. The summed E-state index contributed by atoms with van der Waals surface area (Å²) < 4.78 is 5.61. The number of aryl methyl sites for hydroxylation is 1. The Morgan fingerprint density at radius 1 is 1.35 bits per heavy atom.